The van der Waals surface area contributed by atoms with Gasteiger partial charge in [-0.25, -0.2) is 8.78 Å². The highest BCUT2D eigenvalue weighted by molar-refractivity contribution is 8.00. The van der Waals surface area contributed by atoms with Gasteiger partial charge in [0.1, 0.15) is 0 Å². The highest BCUT2D eigenvalue weighted by Crippen LogP contribution is 2.44. The van der Waals surface area contributed by atoms with Crippen LogP contribution in [0.3, 0.4) is 0 Å². The second-order valence-electron chi connectivity index (χ2n) is 3.66. The van der Waals surface area contributed by atoms with E-state index in [9.17, 15) is 8.78 Å². The third kappa shape index (κ3) is 1.88. The van der Waals surface area contributed by atoms with Gasteiger partial charge in [0.2, 0.25) is 0 Å². The summed E-state index contributed by atoms with van der Waals surface area (Å²) in [5, 5.41) is 3.61. The average molecular weight is 229 g/mol. The normalized spacial score (nSPS) is 24.3. The van der Waals surface area contributed by atoms with E-state index in [0.717, 1.165) is 17.0 Å². The molecule has 1 aliphatic heterocycles. The maximum absolute atomic E-state index is 13.1. The van der Waals surface area contributed by atoms with Crippen LogP contribution in [-0.2, 0) is 0 Å². The van der Waals surface area contributed by atoms with Crippen molar-refractivity contribution in [2.75, 3.05) is 6.54 Å². The molecule has 15 heavy (non-hydrogen) atoms. The van der Waals surface area contributed by atoms with Crippen molar-refractivity contribution >= 4 is 11.8 Å². The number of halogens is 2. The van der Waals surface area contributed by atoms with Crippen molar-refractivity contribution in [2.45, 2.75) is 30.0 Å². The molecule has 4 heteroatoms. The van der Waals surface area contributed by atoms with Crippen LogP contribution in [0, 0.1) is 11.6 Å². The molecule has 0 bridgehead atoms. The van der Waals surface area contributed by atoms with Gasteiger partial charge in [-0.3, -0.25) is 0 Å². The first kappa shape index (κ1) is 10.9. The van der Waals surface area contributed by atoms with Crippen molar-refractivity contribution in [1.82, 2.24) is 5.32 Å². The molecule has 2 rings (SSSR count). The van der Waals surface area contributed by atoms with Gasteiger partial charge < -0.3 is 5.32 Å². The lowest BCUT2D eigenvalue weighted by Crippen LogP contribution is -2.25. The third-order valence-electron chi connectivity index (χ3n) is 2.59. The molecule has 1 heterocycles. The van der Waals surface area contributed by atoms with Crippen LogP contribution in [-0.4, -0.2) is 11.8 Å². The maximum Gasteiger partial charge on any atom is 0.159 e. The number of hydrogen-bond donors (Lipinski definition) is 1. The first-order chi connectivity index (χ1) is 7.13. The number of benzene rings is 1. The lowest BCUT2D eigenvalue weighted by molar-refractivity contribution is 0.495. The van der Waals surface area contributed by atoms with Crippen LogP contribution < -0.4 is 5.32 Å². The van der Waals surface area contributed by atoms with Crippen LogP contribution >= 0.6 is 11.8 Å². The zero-order valence-electron chi connectivity index (χ0n) is 8.68. The highest BCUT2D eigenvalue weighted by Gasteiger charge is 2.30. The zero-order chi connectivity index (χ0) is 11.0. The molecular weight excluding hydrogens is 216 g/mol. The Morgan fingerprint density at radius 2 is 2.00 bits per heavy atom. The Morgan fingerprint density at radius 1 is 1.33 bits per heavy atom. The van der Waals surface area contributed by atoms with Crippen molar-refractivity contribution in [3.63, 3.8) is 0 Å². The van der Waals surface area contributed by atoms with Crippen molar-refractivity contribution in [3.05, 3.63) is 29.3 Å². The molecule has 2 atom stereocenters. The lowest BCUT2D eigenvalue weighted by atomic mass is 10.0. The number of rotatable bonds is 2. The molecule has 0 aromatic heterocycles. The summed E-state index contributed by atoms with van der Waals surface area (Å²) in [6, 6.07) is 2.74. The fraction of sp³-hybridized carbons (Fsp3) is 0.455. The first-order valence-electron chi connectivity index (χ1n) is 5.02. The van der Waals surface area contributed by atoms with Crippen molar-refractivity contribution in [2.24, 2.45) is 0 Å². The molecule has 0 radical (unpaired) electrons. The Morgan fingerprint density at radius 3 is 2.67 bits per heavy atom. The molecule has 1 aromatic rings. The van der Waals surface area contributed by atoms with Crippen LogP contribution in [0.2, 0.25) is 0 Å². The Hall–Kier alpha value is -0.610. The molecule has 0 aliphatic carbocycles. The summed E-state index contributed by atoms with van der Waals surface area (Å²) in [5.41, 5.74) is 0.883. The quantitative estimate of drug-likeness (QED) is 0.836. The standard InChI is InChI=1S/C11H13F2NS/c1-3-14-11-6(2)15-10-5-9(13)8(12)4-7(10)11/h4-6,11,14H,3H2,1-2H3. The van der Waals surface area contributed by atoms with E-state index in [2.05, 4.69) is 12.2 Å². The SMILES string of the molecule is CCNC1c2cc(F)c(F)cc2SC1C. The van der Waals surface area contributed by atoms with E-state index in [0.29, 0.717) is 5.25 Å². The predicted octanol–water partition coefficient (Wildman–Crippen LogP) is 3.11. The molecule has 0 saturated heterocycles. The van der Waals surface area contributed by atoms with E-state index in [1.54, 1.807) is 11.8 Å². The van der Waals surface area contributed by atoms with E-state index in [1.165, 1.54) is 12.1 Å². The van der Waals surface area contributed by atoms with Gasteiger partial charge in [-0.05, 0) is 24.2 Å². The molecule has 0 fully saturated rings. The van der Waals surface area contributed by atoms with E-state index in [-0.39, 0.29) is 6.04 Å². The number of fused-ring (bicyclic) bond motifs is 1. The minimum absolute atomic E-state index is 0.130. The lowest BCUT2D eigenvalue weighted by Gasteiger charge is -2.16. The smallest absolute Gasteiger partial charge is 0.159 e. The molecule has 0 amide bonds. The molecule has 82 valence electrons. The highest BCUT2D eigenvalue weighted by atomic mass is 32.2. The molecule has 2 unspecified atom stereocenters. The molecule has 1 aromatic carbocycles. The van der Waals surface area contributed by atoms with E-state index in [1.807, 2.05) is 6.92 Å². The van der Waals surface area contributed by atoms with Crippen LogP contribution in [0.1, 0.15) is 25.5 Å². The number of nitrogens with one attached hydrogen (secondary N) is 1. The summed E-state index contributed by atoms with van der Waals surface area (Å²) in [5.74, 6) is -1.52. The number of hydrogen-bond acceptors (Lipinski definition) is 2. The Kier molecular flexibility index (Phi) is 2.98. The predicted molar refractivity (Wildman–Crippen MR) is 58.1 cm³/mol. The summed E-state index contributed by atoms with van der Waals surface area (Å²) in [4.78, 5) is 0.854. The summed E-state index contributed by atoms with van der Waals surface area (Å²) in [6.07, 6.45) is 0. The van der Waals surface area contributed by atoms with Crippen LogP contribution in [0.15, 0.2) is 17.0 Å². The van der Waals surface area contributed by atoms with Gasteiger partial charge in [-0.1, -0.05) is 13.8 Å². The topological polar surface area (TPSA) is 12.0 Å². The van der Waals surface area contributed by atoms with Gasteiger partial charge in [0.15, 0.2) is 11.6 Å². The second kappa shape index (κ2) is 4.10. The fourth-order valence-corrected chi connectivity index (χ4v) is 3.18. The van der Waals surface area contributed by atoms with Gasteiger partial charge in [-0.2, -0.15) is 0 Å². The average Bonchev–Trinajstić information content (AvgIpc) is 2.46. The van der Waals surface area contributed by atoms with Gasteiger partial charge in [0.05, 0.1) is 0 Å². The summed E-state index contributed by atoms with van der Waals surface area (Å²) in [6.45, 7) is 4.90. The summed E-state index contributed by atoms with van der Waals surface area (Å²) >= 11 is 1.59. The fourth-order valence-electron chi connectivity index (χ4n) is 1.91. The van der Waals surface area contributed by atoms with Gasteiger partial charge in [0.25, 0.3) is 0 Å². The first-order valence-corrected chi connectivity index (χ1v) is 5.90. The number of thioether (sulfide) groups is 1. The van der Waals surface area contributed by atoms with E-state index in [4.69, 9.17) is 0 Å². The second-order valence-corrected chi connectivity index (χ2v) is 5.08. The van der Waals surface area contributed by atoms with Gasteiger partial charge in [-0.15, -0.1) is 11.8 Å². The van der Waals surface area contributed by atoms with Crippen molar-refractivity contribution in [3.8, 4) is 0 Å². The molecule has 1 aliphatic rings. The van der Waals surface area contributed by atoms with Crippen molar-refractivity contribution in [1.29, 1.82) is 0 Å². The van der Waals surface area contributed by atoms with Crippen LogP contribution in [0.5, 0.6) is 0 Å². The Labute approximate surface area is 92.3 Å². The van der Waals surface area contributed by atoms with E-state index < -0.39 is 11.6 Å². The van der Waals surface area contributed by atoms with Crippen LogP contribution in [0.4, 0.5) is 8.78 Å². The van der Waals surface area contributed by atoms with Crippen molar-refractivity contribution < 1.29 is 8.78 Å². The molecule has 1 nitrogen and oxygen atoms in total. The zero-order valence-corrected chi connectivity index (χ0v) is 9.50. The largest absolute Gasteiger partial charge is 0.309 e. The monoisotopic (exact) mass is 229 g/mol. The van der Waals surface area contributed by atoms with Gasteiger partial charge >= 0.3 is 0 Å². The molecule has 0 spiro atoms. The Bertz CT molecular complexity index is 381. The van der Waals surface area contributed by atoms with Gasteiger partial charge in [0, 0.05) is 16.2 Å². The minimum Gasteiger partial charge on any atom is -0.309 e. The Balaban J connectivity index is 2.40. The van der Waals surface area contributed by atoms with Crippen LogP contribution in [0.25, 0.3) is 0 Å². The maximum atomic E-state index is 13.1. The molecule has 1 N–H and O–H groups in total. The molecular formula is C11H13F2NS. The summed E-state index contributed by atoms with van der Waals surface area (Å²) in [7, 11) is 0. The van der Waals surface area contributed by atoms with E-state index >= 15 is 0 Å². The molecule has 0 saturated carbocycles. The third-order valence-corrected chi connectivity index (χ3v) is 3.85. The minimum atomic E-state index is -0.759. The summed E-state index contributed by atoms with van der Waals surface area (Å²) < 4.78 is 26.1.